The first kappa shape index (κ1) is 15.0. The van der Waals surface area contributed by atoms with Gasteiger partial charge >= 0.3 is 6.03 Å². The molecule has 3 amide bonds. The van der Waals surface area contributed by atoms with Gasteiger partial charge in [-0.3, -0.25) is 14.9 Å². The Morgan fingerprint density at radius 3 is 2.68 bits per heavy atom. The molecule has 1 unspecified atom stereocenters. The molecule has 1 aromatic carbocycles. The van der Waals surface area contributed by atoms with Crippen LogP contribution in [-0.4, -0.2) is 31.4 Å². The Kier molecular flexibility index (Phi) is 5.32. The summed E-state index contributed by atoms with van der Waals surface area (Å²) in [6.45, 7) is 1.44. The van der Waals surface area contributed by atoms with Crippen molar-refractivity contribution in [2.75, 3.05) is 7.05 Å². The number of urea groups is 1. The monoisotopic (exact) mass is 284 g/mol. The molecule has 0 bridgehead atoms. The number of carbonyl (C=O) groups excluding carboxylic acids is 3. The van der Waals surface area contributed by atoms with E-state index in [0.29, 0.717) is 6.29 Å². The Hall–Kier alpha value is -2.08. The standard InChI is InChI=1S/C12H13ClN2O4/c1-7(11(17)15-12(18)14-2)19-10-8(6-16)4-3-5-9(10)13/h3-7H,1-2H3,(H2,14,15,17,18). The minimum atomic E-state index is -0.976. The van der Waals surface area contributed by atoms with Gasteiger partial charge in [-0.15, -0.1) is 0 Å². The summed E-state index contributed by atoms with van der Waals surface area (Å²) in [5.41, 5.74) is 0.229. The third-order valence-electron chi connectivity index (χ3n) is 2.25. The molecule has 0 fully saturated rings. The highest BCUT2D eigenvalue weighted by Crippen LogP contribution is 2.28. The first-order valence-electron chi connectivity index (χ1n) is 5.42. The van der Waals surface area contributed by atoms with Crippen molar-refractivity contribution in [3.63, 3.8) is 0 Å². The average molecular weight is 285 g/mol. The number of imide groups is 1. The van der Waals surface area contributed by atoms with E-state index < -0.39 is 18.0 Å². The number of benzene rings is 1. The zero-order valence-electron chi connectivity index (χ0n) is 10.4. The van der Waals surface area contributed by atoms with Gasteiger partial charge in [0.25, 0.3) is 5.91 Å². The highest BCUT2D eigenvalue weighted by molar-refractivity contribution is 6.32. The lowest BCUT2D eigenvalue weighted by Crippen LogP contribution is -2.44. The van der Waals surface area contributed by atoms with Gasteiger partial charge < -0.3 is 10.1 Å². The number of aldehydes is 1. The molecular weight excluding hydrogens is 272 g/mol. The highest BCUT2D eigenvalue weighted by atomic mass is 35.5. The summed E-state index contributed by atoms with van der Waals surface area (Å²) >= 11 is 5.90. The largest absolute Gasteiger partial charge is 0.479 e. The Labute approximate surface area is 115 Å². The number of para-hydroxylation sites is 1. The van der Waals surface area contributed by atoms with Gasteiger partial charge in [0.15, 0.2) is 12.4 Å². The lowest BCUT2D eigenvalue weighted by Gasteiger charge is -2.16. The molecule has 19 heavy (non-hydrogen) atoms. The fraction of sp³-hybridized carbons (Fsp3) is 0.250. The number of carbonyl (C=O) groups is 3. The van der Waals surface area contributed by atoms with E-state index in [1.807, 2.05) is 0 Å². The van der Waals surface area contributed by atoms with Crippen LogP contribution in [0.1, 0.15) is 17.3 Å². The molecular formula is C12H13ClN2O4. The van der Waals surface area contributed by atoms with Gasteiger partial charge in [0.05, 0.1) is 10.6 Å². The summed E-state index contributed by atoms with van der Waals surface area (Å²) < 4.78 is 5.32. The average Bonchev–Trinajstić information content (AvgIpc) is 2.40. The lowest BCUT2D eigenvalue weighted by atomic mass is 10.2. The molecule has 0 spiro atoms. The summed E-state index contributed by atoms with van der Waals surface area (Å²) in [7, 11) is 1.38. The maximum absolute atomic E-state index is 11.6. The molecule has 1 atom stereocenters. The molecule has 0 saturated carbocycles. The van der Waals surface area contributed by atoms with Crippen LogP contribution in [-0.2, 0) is 4.79 Å². The van der Waals surface area contributed by atoms with E-state index in [2.05, 4.69) is 10.6 Å². The Balaban J connectivity index is 2.82. The van der Waals surface area contributed by atoms with E-state index in [1.165, 1.54) is 26.1 Å². The minimum absolute atomic E-state index is 0.110. The van der Waals surface area contributed by atoms with Gasteiger partial charge in [-0.05, 0) is 19.1 Å². The van der Waals surface area contributed by atoms with Crippen molar-refractivity contribution in [3.8, 4) is 5.75 Å². The van der Waals surface area contributed by atoms with Gasteiger partial charge in [-0.2, -0.15) is 0 Å². The molecule has 0 aromatic heterocycles. The second-order valence-electron chi connectivity index (χ2n) is 3.60. The maximum Gasteiger partial charge on any atom is 0.321 e. The van der Waals surface area contributed by atoms with Crippen molar-refractivity contribution in [1.82, 2.24) is 10.6 Å². The van der Waals surface area contributed by atoms with Gasteiger partial charge in [-0.1, -0.05) is 17.7 Å². The second-order valence-corrected chi connectivity index (χ2v) is 4.01. The predicted octanol–water partition coefficient (Wildman–Crippen LogP) is 1.38. The fourth-order valence-corrected chi connectivity index (χ4v) is 1.48. The van der Waals surface area contributed by atoms with Crippen LogP contribution in [0.2, 0.25) is 5.02 Å². The summed E-state index contributed by atoms with van der Waals surface area (Å²) in [5, 5.41) is 4.51. The van der Waals surface area contributed by atoms with E-state index in [-0.39, 0.29) is 16.3 Å². The smallest absolute Gasteiger partial charge is 0.321 e. The number of hydrogen-bond acceptors (Lipinski definition) is 4. The van der Waals surface area contributed by atoms with Crippen molar-refractivity contribution in [2.24, 2.45) is 0 Å². The zero-order valence-corrected chi connectivity index (χ0v) is 11.2. The molecule has 1 rings (SSSR count). The summed E-state index contributed by atoms with van der Waals surface area (Å²) in [5.74, 6) is -0.533. The van der Waals surface area contributed by atoms with Gasteiger partial charge in [0, 0.05) is 7.05 Å². The van der Waals surface area contributed by atoms with Gasteiger partial charge in [0.2, 0.25) is 0 Å². The Bertz CT molecular complexity index is 505. The number of ether oxygens (including phenoxy) is 1. The number of rotatable bonds is 4. The minimum Gasteiger partial charge on any atom is -0.479 e. The predicted molar refractivity (Wildman–Crippen MR) is 69.5 cm³/mol. The number of amides is 3. The zero-order chi connectivity index (χ0) is 14.4. The van der Waals surface area contributed by atoms with E-state index in [1.54, 1.807) is 6.07 Å². The molecule has 0 aliphatic carbocycles. The van der Waals surface area contributed by atoms with Crippen LogP contribution in [0.15, 0.2) is 18.2 Å². The molecule has 2 N–H and O–H groups in total. The van der Waals surface area contributed by atoms with Crippen LogP contribution in [0.25, 0.3) is 0 Å². The number of halogens is 1. The van der Waals surface area contributed by atoms with Crippen LogP contribution in [0, 0.1) is 0 Å². The lowest BCUT2D eigenvalue weighted by molar-refractivity contribution is -0.126. The SMILES string of the molecule is CNC(=O)NC(=O)C(C)Oc1c(Cl)cccc1C=O. The summed E-state index contributed by atoms with van der Waals surface area (Å²) in [6.07, 6.45) is -0.402. The van der Waals surface area contributed by atoms with E-state index >= 15 is 0 Å². The van der Waals surface area contributed by atoms with Crippen LogP contribution < -0.4 is 15.4 Å². The molecule has 0 radical (unpaired) electrons. The van der Waals surface area contributed by atoms with Crippen molar-refractivity contribution in [1.29, 1.82) is 0 Å². The summed E-state index contributed by atoms with van der Waals surface area (Å²) in [4.78, 5) is 33.4. The first-order chi connectivity index (χ1) is 8.99. The second kappa shape index (κ2) is 6.75. The highest BCUT2D eigenvalue weighted by Gasteiger charge is 2.19. The van der Waals surface area contributed by atoms with Gasteiger partial charge in [-0.25, -0.2) is 4.79 Å². The molecule has 1 aromatic rings. The quantitative estimate of drug-likeness (QED) is 0.818. The van der Waals surface area contributed by atoms with Crippen molar-refractivity contribution < 1.29 is 19.1 Å². The third kappa shape index (κ3) is 3.96. The maximum atomic E-state index is 11.6. The van der Waals surface area contributed by atoms with Crippen LogP contribution in [0.3, 0.4) is 0 Å². The summed E-state index contributed by atoms with van der Waals surface area (Å²) in [6, 6.07) is 3.99. The number of nitrogens with one attached hydrogen (secondary N) is 2. The topological polar surface area (TPSA) is 84.5 Å². The van der Waals surface area contributed by atoms with Crippen molar-refractivity contribution in [3.05, 3.63) is 28.8 Å². The van der Waals surface area contributed by atoms with Crippen LogP contribution in [0.4, 0.5) is 4.79 Å². The van der Waals surface area contributed by atoms with Crippen LogP contribution >= 0.6 is 11.6 Å². The first-order valence-corrected chi connectivity index (χ1v) is 5.80. The van der Waals surface area contributed by atoms with E-state index in [0.717, 1.165) is 0 Å². The van der Waals surface area contributed by atoms with Gasteiger partial charge in [0.1, 0.15) is 5.75 Å². The van der Waals surface area contributed by atoms with Crippen molar-refractivity contribution in [2.45, 2.75) is 13.0 Å². The van der Waals surface area contributed by atoms with E-state index in [9.17, 15) is 14.4 Å². The third-order valence-corrected chi connectivity index (χ3v) is 2.55. The Morgan fingerprint density at radius 2 is 2.11 bits per heavy atom. The normalized spacial score (nSPS) is 11.3. The fourth-order valence-electron chi connectivity index (χ4n) is 1.25. The molecule has 6 nitrogen and oxygen atoms in total. The van der Waals surface area contributed by atoms with Crippen molar-refractivity contribution >= 4 is 29.8 Å². The van der Waals surface area contributed by atoms with E-state index in [4.69, 9.17) is 16.3 Å². The van der Waals surface area contributed by atoms with Crippen LogP contribution in [0.5, 0.6) is 5.75 Å². The number of hydrogen-bond donors (Lipinski definition) is 2. The molecule has 0 aliphatic rings. The molecule has 0 saturated heterocycles. The molecule has 0 aliphatic heterocycles. The molecule has 7 heteroatoms. The molecule has 102 valence electrons. The Morgan fingerprint density at radius 1 is 1.42 bits per heavy atom. The molecule has 0 heterocycles.